The SMILES string of the molecule is COCC1(CNS(=O)(=O)c2cnc3onc(C)c3c2)CCNCC1. The fourth-order valence-electron chi connectivity index (χ4n) is 3.04. The van der Waals surface area contributed by atoms with Crippen molar-refractivity contribution >= 4 is 21.1 Å². The van der Waals surface area contributed by atoms with Gasteiger partial charge in [-0.05, 0) is 38.9 Å². The third kappa shape index (κ3) is 3.44. The van der Waals surface area contributed by atoms with Crippen LogP contribution in [0.15, 0.2) is 21.7 Å². The Morgan fingerprint density at radius 3 is 2.88 bits per heavy atom. The van der Waals surface area contributed by atoms with Crippen molar-refractivity contribution in [3.05, 3.63) is 18.0 Å². The topological polar surface area (TPSA) is 106 Å². The lowest BCUT2D eigenvalue weighted by atomic mass is 9.80. The minimum atomic E-state index is -3.66. The number of aryl methyl sites for hydroxylation is 1. The molecule has 0 spiro atoms. The van der Waals surface area contributed by atoms with Gasteiger partial charge in [-0.15, -0.1) is 0 Å². The molecule has 2 N–H and O–H groups in total. The van der Waals surface area contributed by atoms with Gasteiger partial charge in [-0.1, -0.05) is 5.16 Å². The Morgan fingerprint density at radius 2 is 2.17 bits per heavy atom. The van der Waals surface area contributed by atoms with Gasteiger partial charge in [0.15, 0.2) is 0 Å². The van der Waals surface area contributed by atoms with Crippen molar-refractivity contribution in [1.82, 2.24) is 20.2 Å². The summed E-state index contributed by atoms with van der Waals surface area (Å²) in [5.41, 5.74) is 0.766. The van der Waals surface area contributed by atoms with E-state index >= 15 is 0 Å². The van der Waals surface area contributed by atoms with E-state index in [0.29, 0.717) is 29.9 Å². The van der Waals surface area contributed by atoms with Crippen molar-refractivity contribution in [2.45, 2.75) is 24.7 Å². The summed E-state index contributed by atoms with van der Waals surface area (Å²) in [5.74, 6) is 0. The third-order valence-electron chi connectivity index (χ3n) is 4.55. The van der Waals surface area contributed by atoms with E-state index in [9.17, 15) is 8.42 Å². The van der Waals surface area contributed by atoms with Crippen LogP contribution in [0.4, 0.5) is 0 Å². The van der Waals surface area contributed by atoms with Crippen molar-refractivity contribution in [2.24, 2.45) is 5.41 Å². The van der Waals surface area contributed by atoms with Gasteiger partial charge in [0.05, 0.1) is 23.9 Å². The Balaban J connectivity index is 1.80. The minimum absolute atomic E-state index is 0.114. The predicted octanol–water partition coefficient (Wildman–Crippen LogP) is 0.826. The Hall–Kier alpha value is -1.55. The largest absolute Gasteiger partial charge is 0.384 e. The molecule has 9 heteroatoms. The van der Waals surface area contributed by atoms with Crippen LogP contribution in [0.5, 0.6) is 0 Å². The summed E-state index contributed by atoms with van der Waals surface area (Å²) in [7, 11) is -2.02. The van der Waals surface area contributed by atoms with E-state index in [-0.39, 0.29) is 10.3 Å². The smallest absolute Gasteiger partial charge is 0.257 e. The quantitative estimate of drug-likeness (QED) is 0.791. The molecule has 1 aliphatic rings. The maximum atomic E-state index is 12.6. The van der Waals surface area contributed by atoms with Crippen molar-refractivity contribution < 1.29 is 17.7 Å². The molecule has 3 heterocycles. The summed E-state index contributed by atoms with van der Waals surface area (Å²) in [6.45, 7) is 4.33. The van der Waals surface area contributed by atoms with E-state index in [1.54, 1.807) is 20.1 Å². The second-order valence-corrected chi connectivity index (χ2v) is 8.07. The van der Waals surface area contributed by atoms with Crippen molar-refractivity contribution in [1.29, 1.82) is 0 Å². The number of methoxy groups -OCH3 is 1. The number of nitrogens with zero attached hydrogens (tertiary/aromatic N) is 2. The molecule has 0 saturated carbocycles. The zero-order chi connectivity index (χ0) is 17.2. The lowest BCUT2D eigenvalue weighted by Crippen LogP contribution is -2.47. The van der Waals surface area contributed by atoms with Gasteiger partial charge in [-0.3, -0.25) is 0 Å². The highest BCUT2D eigenvalue weighted by molar-refractivity contribution is 7.89. The van der Waals surface area contributed by atoms with Gasteiger partial charge in [0, 0.05) is 19.1 Å². The predicted molar refractivity (Wildman–Crippen MR) is 88.1 cm³/mol. The highest BCUT2D eigenvalue weighted by Crippen LogP contribution is 2.29. The fourth-order valence-corrected chi connectivity index (χ4v) is 4.17. The molecule has 0 unspecified atom stereocenters. The maximum Gasteiger partial charge on any atom is 0.257 e. The van der Waals surface area contributed by atoms with Gasteiger partial charge in [0.1, 0.15) is 4.90 Å². The van der Waals surface area contributed by atoms with Crippen LogP contribution in [-0.2, 0) is 14.8 Å². The van der Waals surface area contributed by atoms with Gasteiger partial charge >= 0.3 is 0 Å². The van der Waals surface area contributed by atoms with Crippen LogP contribution in [0, 0.1) is 12.3 Å². The number of nitrogens with one attached hydrogen (secondary N) is 2. The Kier molecular flexibility index (Phi) is 4.86. The molecule has 0 aliphatic carbocycles. The normalized spacial score (nSPS) is 18.1. The molecule has 8 nitrogen and oxygen atoms in total. The van der Waals surface area contributed by atoms with E-state index in [4.69, 9.17) is 9.26 Å². The number of aromatic nitrogens is 2. The molecule has 132 valence electrons. The van der Waals surface area contributed by atoms with E-state index in [1.165, 1.54) is 6.20 Å². The van der Waals surface area contributed by atoms with Crippen molar-refractivity contribution in [2.75, 3.05) is 33.4 Å². The first-order valence-electron chi connectivity index (χ1n) is 7.87. The first kappa shape index (κ1) is 17.3. The number of rotatable bonds is 6. The number of pyridine rings is 1. The second-order valence-electron chi connectivity index (χ2n) is 6.30. The van der Waals surface area contributed by atoms with Crippen molar-refractivity contribution in [3.8, 4) is 0 Å². The first-order valence-corrected chi connectivity index (χ1v) is 9.35. The summed E-state index contributed by atoms with van der Waals surface area (Å²) < 4.78 is 38.3. The van der Waals surface area contributed by atoms with E-state index in [1.807, 2.05) is 0 Å². The zero-order valence-electron chi connectivity index (χ0n) is 13.8. The molecule has 0 radical (unpaired) electrons. The number of hydrogen-bond acceptors (Lipinski definition) is 7. The van der Waals surface area contributed by atoms with Gasteiger partial charge in [-0.25, -0.2) is 18.1 Å². The molecular formula is C15H22N4O4S. The van der Waals surface area contributed by atoms with Gasteiger partial charge in [0.2, 0.25) is 10.0 Å². The molecule has 0 bridgehead atoms. The highest BCUT2D eigenvalue weighted by Gasteiger charge is 2.33. The van der Waals surface area contributed by atoms with Gasteiger partial charge in [0.25, 0.3) is 5.71 Å². The van der Waals surface area contributed by atoms with E-state index in [0.717, 1.165) is 25.9 Å². The van der Waals surface area contributed by atoms with Gasteiger partial charge in [-0.2, -0.15) is 0 Å². The molecule has 24 heavy (non-hydrogen) atoms. The van der Waals surface area contributed by atoms with Crippen LogP contribution in [-0.4, -0.2) is 51.9 Å². The standard InChI is InChI=1S/C15H22N4O4S/c1-11-13-7-12(8-17-14(13)23-19-11)24(20,21)18-9-15(10-22-2)3-5-16-6-4-15/h7-8,16,18H,3-6,9-10H2,1-2H3. The molecule has 2 aromatic heterocycles. The number of ether oxygens (including phenoxy) is 1. The van der Waals surface area contributed by atoms with E-state index < -0.39 is 10.0 Å². The van der Waals surface area contributed by atoms with Gasteiger partial charge < -0.3 is 14.6 Å². The van der Waals surface area contributed by atoms with E-state index in [2.05, 4.69) is 20.2 Å². The summed E-state index contributed by atoms with van der Waals surface area (Å²) in [6, 6.07) is 1.54. The number of sulfonamides is 1. The van der Waals surface area contributed by atoms with Crippen LogP contribution in [0.2, 0.25) is 0 Å². The zero-order valence-corrected chi connectivity index (χ0v) is 14.6. The molecule has 0 atom stereocenters. The average Bonchev–Trinajstić information content (AvgIpc) is 2.95. The van der Waals surface area contributed by atoms with Crippen LogP contribution < -0.4 is 10.0 Å². The lowest BCUT2D eigenvalue weighted by molar-refractivity contribution is 0.0577. The second kappa shape index (κ2) is 6.75. The van der Waals surface area contributed by atoms with Crippen LogP contribution in [0.3, 0.4) is 0 Å². The summed E-state index contributed by atoms with van der Waals surface area (Å²) >= 11 is 0. The van der Waals surface area contributed by atoms with Crippen LogP contribution >= 0.6 is 0 Å². The number of fused-ring (bicyclic) bond motifs is 1. The molecular weight excluding hydrogens is 332 g/mol. The summed E-state index contributed by atoms with van der Waals surface area (Å²) in [4.78, 5) is 4.15. The lowest BCUT2D eigenvalue weighted by Gasteiger charge is -2.37. The fraction of sp³-hybridized carbons (Fsp3) is 0.600. The maximum absolute atomic E-state index is 12.6. The van der Waals surface area contributed by atoms with Crippen LogP contribution in [0.1, 0.15) is 18.5 Å². The third-order valence-corrected chi connectivity index (χ3v) is 5.92. The number of hydrogen-bond donors (Lipinski definition) is 2. The molecule has 0 amide bonds. The number of piperidine rings is 1. The summed E-state index contributed by atoms with van der Waals surface area (Å²) in [5, 5.41) is 7.69. The molecule has 1 saturated heterocycles. The Morgan fingerprint density at radius 1 is 1.42 bits per heavy atom. The Bertz CT molecular complexity index is 806. The first-order chi connectivity index (χ1) is 11.5. The van der Waals surface area contributed by atoms with Crippen molar-refractivity contribution in [3.63, 3.8) is 0 Å². The van der Waals surface area contributed by atoms with Crippen LogP contribution in [0.25, 0.3) is 11.1 Å². The molecule has 2 aromatic rings. The molecule has 0 aromatic carbocycles. The highest BCUT2D eigenvalue weighted by atomic mass is 32.2. The molecule has 1 fully saturated rings. The monoisotopic (exact) mass is 354 g/mol. The minimum Gasteiger partial charge on any atom is -0.384 e. The Labute approximate surface area is 141 Å². The summed E-state index contributed by atoms with van der Waals surface area (Å²) in [6.07, 6.45) is 3.03. The molecule has 1 aliphatic heterocycles. The molecule has 3 rings (SSSR count). The average molecular weight is 354 g/mol.